The monoisotopic (exact) mass is 212 g/mol. The van der Waals surface area contributed by atoms with Gasteiger partial charge in [-0.2, -0.15) is 0 Å². The number of carbonyl (C=O) groups is 1. The number of hydrogen-bond donors (Lipinski definition) is 2. The lowest BCUT2D eigenvalue weighted by atomic mass is 10.2. The summed E-state index contributed by atoms with van der Waals surface area (Å²) in [5.41, 5.74) is 6.39. The van der Waals surface area contributed by atoms with Gasteiger partial charge in [-0.15, -0.1) is 0 Å². The van der Waals surface area contributed by atoms with Crippen LogP contribution in [0.1, 0.15) is 12.5 Å². The number of rotatable bonds is 3. The summed E-state index contributed by atoms with van der Waals surface area (Å²) in [7, 11) is 0. The fourth-order valence-corrected chi connectivity index (χ4v) is 1.08. The number of nitrogens with two attached hydrogens (primary N) is 1. The Hall–Kier alpha value is -1.06. The molecule has 4 heteroatoms. The van der Waals surface area contributed by atoms with Gasteiger partial charge in [-0.3, -0.25) is 4.79 Å². The molecule has 0 bridgehead atoms. The molecular formula is C10H13ClN2O. The van der Waals surface area contributed by atoms with Gasteiger partial charge in [0, 0.05) is 11.6 Å². The molecule has 0 spiro atoms. The molecule has 0 fully saturated rings. The predicted molar refractivity (Wildman–Crippen MR) is 56.9 cm³/mol. The Labute approximate surface area is 88.2 Å². The van der Waals surface area contributed by atoms with E-state index in [1.165, 1.54) is 0 Å². The van der Waals surface area contributed by atoms with Crippen LogP contribution < -0.4 is 11.1 Å². The van der Waals surface area contributed by atoms with Gasteiger partial charge in [-0.25, -0.2) is 0 Å². The van der Waals surface area contributed by atoms with Crippen molar-refractivity contribution in [1.29, 1.82) is 0 Å². The highest BCUT2D eigenvalue weighted by atomic mass is 35.5. The van der Waals surface area contributed by atoms with Gasteiger partial charge in [-0.1, -0.05) is 23.7 Å². The molecule has 1 atom stereocenters. The quantitative estimate of drug-likeness (QED) is 0.794. The third-order valence-electron chi connectivity index (χ3n) is 1.79. The Balaban J connectivity index is 2.46. The van der Waals surface area contributed by atoms with Crippen molar-refractivity contribution >= 4 is 17.5 Å². The van der Waals surface area contributed by atoms with Crippen LogP contribution in [0.15, 0.2) is 24.3 Å². The molecule has 0 saturated carbocycles. The molecule has 0 heterocycles. The van der Waals surface area contributed by atoms with Crippen LogP contribution in [0, 0.1) is 0 Å². The van der Waals surface area contributed by atoms with E-state index in [0.717, 1.165) is 5.56 Å². The molecule has 0 aliphatic carbocycles. The van der Waals surface area contributed by atoms with Crippen LogP contribution in [0.4, 0.5) is 0 Å². The molecule has 1 aromatic rings. The van der Waals surface area contributed by atoms with Crippen molar-refractivity contribution in [2.45, 2.75) is 19.5 Å². The number of nitrogens with one attached hydrogen (secondary N) is 1. The predicted octanol–water partition coefficient (Wildman–Crippen LogP) is 1.30. The van der Waals surface area contributed by atoms with Crippen molar-refractivity contribution in [3.63, 3.8) is 0 Å². The molecule has 76 valence electrons. The average molecular weight is 213 g/mol. The van der Waals surface area contributed by atoms with E-state index in [-0.39, 0.29) is 5.91 Å². The van der Waals surface area contributed by atoms with Gasteiger partial charge in [0.25, 0.3) is 0 Å². The fraction of sp³-hybridized carbons (Fsp3) is 0.300. The first-order chi connectivity index (χ1) is 6.59. The van der Waals surface area contributed by atoms with Gasteiger partial charge in [0.2, 0.25) is 5.91 Å². The van der Waals surface area contributed by atoms with Crippen LogP contribution >= 0.6 is 11.6 Å². The average Bonchev–Trinajstić information content (AvgIpc) is 2.16. The van der Waals surface area contributed by atoms with Crippen LogP contribution in [-0.2, 0) is 11.3 Å². The fourth-order valence-electron chi connectivity index (χ4n) is 0.952. The second-order valence-electron chi connectivity index (χ2n) is 3.13. The maximum atomic E-state index is 11.1. The van der Waals surface area contributed by atoms with E-state index in [4.69, 9.17) is 17.3 Å². The summed E-state index contributed by atoms with van der Waals surface area (Å²) in [5.74, 6) is -0.153. The summed E-state index contributed by atoms with van der Waals surface area (Å²) < 4.78 is 0. The zero-order valence-corrected chi connectivity index (χ0v) is 8.71. The third kappa shape index (κ3) is 3.36. The van der Waals surface area contributed by atoms with Crippen molar-refractivity contribution in [3.05, 3.63) is 34.9 Å². The summed E-state index contributed by atoms with van der Waals surface area (Å²) in [6.45, 7) is 2.13. The van der Waals surface area contributed by atoms with E-state index in [1.54, 1.807) is 19.1 Å². The van der Waals surface area contributed by atoms with Gasteiger partial charge in [0.05, 0.1) is 6.04 Å². The molecule has 3 nitrogen and oxygen atoms in total. The van der Waals surface area contributed by atoms with Gasteiger partial charge < -0.3 is 11.1 Å². The minimum Gasteiger partial charge on any atom is -0.351 e. The molecular weight excluding hydrogens is 200 g/mol. The van der Waals surface area contributed by atoms with Crippen molar-refractivity contribution in [2.75, 3.05) is 0 Å². The molecule has 0 saturated heterocycles. The van der Waals surface area contributed by atoms with Crippen LogP contribution in [0.3, 0.4) is 0 Å². The first kappa shape index (κ1) is 11.0. The zero-order valence-electron chi connectivity index (χ0n) is 7.96. The molecule has 14 heavy (non-hydrogen) atoms. The summed E-state index contributed by atoms with van der Waals surface area (Å²) in [6.07, 6.45) is 0. The van der Waals surface area contributed by atoms with Crippen molar-refractivity contribution in [2.24, 2.45) is 5.73 Å². The lowest BCUT2D eigenvalue weighted by Gasteiger charge is -2.07. The summed E-state index contributed by atoms with van der Waals surface area (Å²) in [4.78, 5) is 11.1. The van der Waals surface area contributed by atoms with E-state index < -0.39 is 6.04 Å². The first-order valence-corrected chi connectivity index (χ1v) is 4.75. The van der Waals surface area contributed by atoms with E-state index in [9.17, 15) is 4.79 Å². The number of carbonyl (C=O) groups excluding carboxylic acids is 1. The van der Waals surface area contributed by atoms with Gasteiger partial charge in [-0.05, 0) is 24.6 Å². The van der Waals surface area contributed by atoms with Gasteiger partial charge >= 0.3 is 0 Å². The largest absolute Gasteiger partial charge is 0.351 e. The number of halogens is 1. The van der Waals surface area contributed by atoms with Crippen molar-refractivity contribution in [3.8, 4) is 0 Å². The molecule has 0 unspecified atom stereocenters. The molecule has 0 aliphatic rings. The molecule has 0 radical (unpaired) electrons. The maximum Gasteiger partial charge on any atom is 0.236 e. The van der Waals surface area contributed by atoms with Crippen LogP contribution in [0.5, 0.6) is 0 Å². The molecule has 1 rings (SSSR count). The molecule has 3 N–H and O–H groups in total. The number of benzene rings is 1. The van der Waals surface area contributed by atoms with Crippen molar-refractivity contribution < 1.29 is 4.79 Å². The van der Waals surface area contributed by atoms with Crippen molar-refractivity contribution in [1.82, 2.24) is 5.32 Å². The third-order valence-corrected chi connectivity index (χ3v) is 2.05. The minimum absolute atomic E-state index is 0.153. The Bertz CT molecular complexity index is 308. The smallest absolute Gasteiger partial charge is 0.236 e. The highest BCUT2D eigenvalue weighted by Gasteiger charge is 2.05. The number of amides is 1. The Morgan fingerprint density at radius 3 is 2.57 bits per heavy atom. The SMILES string of the molecule is C[C@@H](N)C(=O)NCc1ccc(Cl)cc1. The maximum absolute atomic E-state index is 11.1. The minimum atomic E-state index is -0.470. The summed E-state index contributed by atoms with van der Waals surface area (Å²) in [6, 6.07) is 6.83. The van der Waals surface area contributed by atoms with E-state index >= 15 is 0 Å². The summed E-state index contributed by atoms with van der Waals surface area (Å²) >= 11 is 5.72. The van der Waals surface area contributed by atoms with E-state index in [0.29, 0.717) is 11.6 Å². The van der Waals surface area contributed by atoms with E-state index in [1.807, 2.05) is 12.1 Å². The van der Waals surface area contributed by atoms with E-state index in [2.05, 4.69) is 5.32 Å². The molecule has 1 amide bonds. The summed E-state index contributed by atoms with van der Waals surface area (Å²) in [5, 5.41) is 3.40. The molecule has 0 aliphatic heterocycles. The zero-order chi connectivity index (χ0) is 10.6. The topological polar surface area (TPSA) is 55.1 Å². The second-order valence-corrected chi connectivity index (χ2v) is 3.57. The lowest BCUT2D eigenvalue weighted by molar-refractivity contribution is -0.122. The highest BCUT2D eigenvalue weighted by Crippen LogP contribution is 2.08. The Kier molecular flexibility index (Phi) is 3.92. The molecule has 1 aromatic carbocycles. The normalized spacial score (nSPS) is 12.2. The number of hydrogen-bond acceptors (Lipinski definition) is 2. The first-order valence-electron chi connectivity index (χ1n) is 4.37. The Morgan fingerprint density at radius 2 is 2.07 bits per heavy atom. The lowest BCUT2D eigenvalue weighted by Crippen LogP contribution is -2.37. The van der Waals surface area contributed by atoms with Gasteiger partial charge in [0.1, 0.15) is 0 Å². The van der Waals surface area contributed by atoms with Crippen LogP contribution in [-0.4, -0.2) is 11.9 Å². The van der Waals surface area contributed by atoms with Crippen LogP contribution in [0.2, 0.25) is 5.02 Å². The molecule has 0 aromatic heterocycles. The Morgan fingerprint density at radius 1 is 1.50 bits per heavy atom. The highest BCUT2D eigenvalue weighted by molar-refractivity contribution is 6.30. The van der Waals surface area contributed by atoms with Gasteiger partial charge in [0.15, 0.2) is 0 Å². The second kappa shape index (κ2) is 4.98. The van der Waals surface area contributed by atoms with Crippen LogP contribution in [0.25, 0.3) is 0 Å². The standard InChI is InChI=1S/C10H13ClN2O/c1-7(12)10(14)13-6-8-2-4-9(11)5-3-8/h2-5,7H,6,12H2,1H3,(H,13,14)/t7-/m1/s1.